The van der Waals surface area contributed by atoms with Gasteiger partial charge >= 0.3 is 0 Å². The van der Waals surface area contributed by atoms with Gasteiger partial charge in [0.2, 0.25) is 0 Å². The van der Waals surface area contributed by atoms with Crippen LogP contribution in [0, 0.1) is 5.41 Å². The number of hydrogen-bond donors (Lipinski definition) is 2. The molecule has 2 N–H and O–H groups in total. The quantitative estimate of drug-likeness (QED) is 0.463. The lowest BCUT2D eigenvalue weighted by Crippen LogP contribution is -2.36. The fraction of sp³-hybridized carbons (Fsp3) is 0.478. The van der Waals surface area contributed by atoms with Crippen LogP contribution < -0.4 is 16.4 Å². The van der Waals surface area contributed by atoms with Gasteiger partial charge in [-0.1, -0.05) is 45.1 Å². The summed E-state index contributed by atoms with van der Waals surface area (Å²) < 4.78 is 3.32. The molecule has 4 rings (SSSR count). The number of carbonyl (C=O) groups excluding carboxylic acids is 1. The molecule has 3 aromatic rings. The summed E-state index contributed by atoms with van der Waals surface area (Å²) in [5.74, 6) is -0.289. The van der Waals surface area contributed by atoms with Gasteiger partial charge in [0.1, 0.15) is 16.8 Å². The van der Waals surface area contributed by atoms with Crippen molar-refractivity contribution in [2.45, 2.75) is 64.3 Å². The number of hydrogen-bond acceptors (Lipinski definition) is 4. The number of rotatable bonds is 7. The maximum Gasteiger partial charge on any atom is 0.267 e. The molecule has 0 aliphatic heterocycles. The van der Waals surface area contributed by atoms with Crippen LogP contribution in [0.2, 0.25) is 0 Å². The Labute approximate surface area is 175 Å². The molecule has 1 fully saturated rings. The summed E-state index contributed by atoms with van der Waals surface area (Å²) in [6.45, 7) is 2.73. The topological polar surface area (TPSA) is 92.2 Å². The Morgan fingerprint density at radius 3 is 2.80 bits per heavy atom. The van der Waals surface area contributed by atoms with E-state index in [9.17, 15) is 9.59 Å². The van der Waals surface area contributed by atoms with Gasteiger partial charge in [-0.2, -0.15) is 0 Å². The van der Waals surface area contributed by atoms with Crippen molar-refractivity contribution in [2.24, 2.45) is 0 Å². The van der Waals surface area contributed by atoms with Crippen LogP contribution in [0.25, 0.3) is 16.7 Å². The second kappa shape index (κ2) is 8.81. The fourth-order valence-corrected chi connectivity index (χ4v) is 4.39. The maximum atomic E-state index is 13.2. The molecule has 7 heteroatoms. The van der Waals surface area contributed by atoms with Gasteiger partial charge in [0.05, 0.1) is 10.9 Å². The van der Waals surface area contributed by atoms with Gasteiger partial charge in [-0.15, -0.1) is 0 Å². The molecule has 1 aliphatic rings. The minimum Gasteiger partial charge on any atom is -0.352 e. The van der Waals surface area contributed by atoms with E-state index >= 15 is 0 Å². The molecule has 0 spiro atoms. The van der Waals surface area contributed by atoms with Gasteiger partial charge in [0.15, 0.2) is 0 Å². The minimum absolute atomic E-state index is 0.0929. The van der Waals surface area contributed by atoms with E-state index < -0.39 is 0 Å². The first-order valence-corrected chi connectivity index (χ1v) is 11.0. The van der Waals surface area contributed by atoms with Crippen LogP contribution in [0.15, 0.2) is 35.3 Å². The van der Waals surface area contributed by atoms with Gasteiger partial charge in [-0.3, -0.25) is 19.4 Å². The first-order chi connectivity index (χ1) is 14.6. The third-order valence-electron chi connectivity index (χ3n) is 6.01. The Morgan fingerprint density at radius 2 is 2.03 bits per heavy atom. The second-order valence-electron chi connectivity index (χ2n) is 8.11. The van der Waals surface area contributed by atoms with E-state index in [4.69, 9.17) is 10.4 Å². The van der Waals surface area contributed by atoms with Crippen molar-refractivity contribution in [2.75, 3.05) is 6.54 Å². The molecule has 0 aromatic carbocycles. The van der Waals surface area contributed by atoms with Crippen molar-refractivity contribution in [3.05, 3.63) is 51.9 Å². The fourth-order valence-electron chi connectivity index (χ4n) is 4.39. The molecule has 0 radical (unpaired) electrons. The predicted molar refractivity (Wildman–Crippen MR) is 117 cm³/mol. The lowest BCUT2D eigenvalue weighted by atomic mass is 10.1. The van der Waals surface area contributed by atoms with Crippen LogP contribution in [0.1, 0.15) is 74.7 Å². The third kappa shape index (κ3) is 3.76. The average molecular weight is 408 g/mol. The number of aromatic nitrogens is 3. The van der Waals surface area contributed by atoms with Crippen molar-refractivity contribution >= 4 is 22.6 Å². The molecular weight excluding hydrogens is 378 g/mol. The second-order valence-corrected chi connectivity index (χ2v) is 8.11. The van der Waals surface area contributed by atoms with Crippen LogP contribution in [0.3, 0.4) is 0 Å². The van der Waals surface area contributed by atoms with E-state index in [1.807, 2.05) is 10.6 Å². The number of amides is 1. The van der Waals surface area contributed by atoms with E-state index in [1.165, 1.54) is 4.40 Å². The smallest absolute Gasteiger partial charge is 0.267 e. The zero-order valence-electron chi connectivity index (χ0n) is 17.5. The van der Waals surface area contributed by atoms with Crippen LogP contribution in [-0.2, 0) is 0 Å². The SMILES string of the molecule is CCCCCCNC(=O)c1cc2c(=O)n3ccccc3nc2n(C2CCCC2)c1=N. The molecule has 158 valence electrons. The number of nitrogens with one attached hydrogen (secondary N) is 2. The molecule has 0 atom stereocenters. The molecule has 0 saturated heterocycles. The van der Waals surface area contributed by atoms with Crippen molar-refractivity contribution in [1.82, 2.24) is 19.3 Å². The number of carbonyl (C=O) groups is 1. The monoisotopic (exact) mass is 407 g/mol. The molecule has 1 amide bonds. The van der Waals surface area contributed by atoms with E-state index in [2.05, 4.69) is 12.2 Å². The van der Waals surface area contributed by atoms with Gasteiger partial charge in [-0.05, 0) is 37.5 Å². The molecule has 7 nitrogen and oxygen atoms in total. The minimum atomic E-state index is -0.289. The predicted octanol–water partition coefficient (Wildman–Crippen LogP) is 3.55. The van der Waals surface area contributed by atoms with E-state index in [0.29, 0.717) is 23.2 Å². The van der Waals surface area contributed by atoms with Gasteiger partial charge in [0, 0.05) is 18.8 Å². The Balaban J connectivity index is 1.83. The summed E-state index contributed by atoms with van der Waals surface area (Å²) in [6.07, 6.45) is 9.99. The Bertz CT molecular complexity index is 1190. The summed E-state index contributed by atoms with van der Waals surface area (Å²) in [4.78, 5) is 30.8. The van der Waals surface area contributed by atoms with Crippen LogP contribution >= 0.6 is 0 Å². The average Bonchev–Trinajstić information content (AvgIpc) is 3.28. The third-order valence-corrected chi connectivity index (χ3v) is 6.01. The van der Waals surface area contributed by atoms with Gasteiger partial charge in [-0.25, -0.2) is 4.98 Å². The zero-order valence-corrected chi connectivity index (χ0v) is 17.5. The lowest BCUT2D eigenvalue weighted by Gasteiger charge is -2.19. The number of fused-ring (bicyclic) bond motifs is 2. The van der Waals surface area contributed by atoms with Crippen LogP contribution in [-0.4, -0.2) is 26.4 Å². The first kappa shape index (κ1) is 20.3. The summed E-state index contributed by atoms with van der Waals surface area (Å²) in [7, 11) is 0. The highest BCUT2D eigenvalue weighted by Crippen LogP contribution is 2.30. The molecule has 30 heavy (non-hydrogen) atoms. The summed E-state index contributed by atoms with van der Waals surface area (Å²) in [5.41, 5.74) is 1.24. The zero-order chi connectivity index (χ0) is 21.1. The highest BCUT2D eigenvalue weighted by molar-refractivity contribution is 5.96. The van der Waals surface area contributed by atoms with Crippen LogP contribution in [0.5, 0.6) is 0 Å². The van der Waals surface area contributed by atoms with Crippen LogP contribution in [0.4, 0.5) is 0 Å². The Hall–Kier alpha value is -2.96. The van der Waals surface area contributed by atoms with Crippen molar-refractivity contribution in [3.8, 4) is 0 Å². The standard InChI is InChI=1S/C23H29N5O2/c1-2-3-4-8-13-25-22(29)17-15-18-21(28(20(17)24)16-10-5-6-11-16)26-19-12-7-9-14-27(19)23(18)30/h7,9,12,14-16,24H,2-6,8,10-11,13H2,1H3,(H,25,29). The number of unbranched alkanes of at least 4 members (excludes halogenated alkanes) is 3. The van der Waals surface area contributed by atoms with E-state index in [1.54, 1.807) is 24.4 Å². The molecule has 3 aromatic heterocycles. The molecule has 1 saturated carbocycles. The summed E-state index contributed by atoms with van der Waals surface area (Å²) in [5, 5.41) is 12.1. The molecule has 3 heterocycles. The van der Waals surface area contributed by atoms with Crippen molar-refractivity contribution in [1.29, 1.82) is 5.41 Å². The van der Waals surface area contributed by atoms with Gasteiger partial charge < -0.3 is 9.88 Å². The van der Waals surface area contributed by atoms with Crippen molar-refractivity contribution < 1.29 is 4.79 Å². The Kier molecular flexibility index (Phi) is 5.97. The Morgan fingerprint density at radius 1 is 1.23 bits per heavy atom. The number of pyridine rings is 2. The summed E-state index contributed by atoms with van der Waals surface area (Å²) in [6, 6.07) is 7.07. The lowest BCUT2D eigenvalue weighted by molar-refractivity contribution is 0.0950. The first-order valence-electron chi connectivity index (χ1n) is 11.0. The molecule has 1 aliphatic carbocycles. The van der Waals surface area contributed by atoms with Crippen molar-refractivity contribution in [3.63, 3.8) is 0 Å². The molecule has 0 unspecified atom stereocenters. The van der Waals surface area contributed by atoms with E-state index in [-0.39, 0.29) is 28.6 Å². The van der Waals surface area contributed by atoms with Gasteiger partial charge in [0.25, 0.3) is 11.5 Å². The molecule has 0 bridgehead atoms. The molecular formula is C23H29N5O2. The maximum absolute atomic E-state index is 13.2. The highest BCUT2D eigenvalue weighted by Gasteiger charge is 2.24. The van der Waals surface area contributed by atoms with E-state index in [0.717, 1.165) is 51.4 Å². The highest BCUT2D eigenvalue weighted by atomic mass is 16.1. The number of nitrogens with zero attached hydrogens (tertiary/aromatic N) is 3. The summed E-state index contributed by atoms with van der Waals surface area (Å²) >= 11 is 0. The normalized spacial score (nSPS) is 14.6. The largest absolute Gasteiger partial charge is 0.352 e.